The fourth-order valence-electron chi connectivity index (χ4n) is 3.43. The molecule has 1 fully saturated rings. The van der Waals surface area contributed by atoms with Crippen LogP contribution in [0.2, 0.25) is 0 Å². The van der Waals surface area contributed by atoms with Crippen molar-refractivity contribution >= 4 is 33.5 Å². The van der Waals surface area contributed by atoms with E-state index in [0.29, 0.717) is 13.1 Å². The van der Waals surface area contributed by atoms with Gasteiger partial charge in [-0.2, -0.15) is 0 Å². The van der Waals surface area contributed by atoms with Crippen LogP contribution >= 0.6 is 11.3 Å². The van der Waals surface area contributed by atoms with Crippen molar-refractivity contribution in [2.45, 2.75) is 45.1 Å². The van der Waals surface area contributed by atoms with E-state index in [1.54, 1.807) is 11.3 Å². The summed E-state index contributed by atoms with van der Waals surface area (Å²) < 4.78 is 1.19. The monoisotopic (exact) mass is 375 g/mol. The lowest BCUT2D eigenvalue weighted by atomic mass is 10.0. The van der Waals surface area contributed by atoms with Crippen LogP contribution in [0.1, 0.15) is 50.1 Å². The molecule has 26 heavy (non-hydrogen) atoms. The van der Waals surface area contributed by atoms with Crippen LogP contribution in [0.25, 0.3) is 10.2 Å². The van der Waals surface area contributed by atoms with Crippen LogP contribution in [0.3, 0.4) is 0 Å². The van der Waals surface area contributed by atoms with Crippen molar-refractivity contribution in [1.82, 2.24) is 15.6 Å². The molecule has 7 heteroatoms. The fraction of sp³-hybridized carbons (Fsp3) is 0.526. The van der Waals surface area contributed by atoms with Crippen molar-refractivity contribution in [3.63, 3.8) is 0 Å². The van der Waals surface area contributed by atoms with Crippen LogP contribution < -0.4 is 15.5 Å². The molecule has 0 saturated carbocycles. The maximum atomic E-state index is 12.3. The van der Waals surface area contributed by atoms with Gasteiger partial charge in [-0.15, -0.1) is 11.3 Å². The standard InChI is InChI=1S/C19H26N4O2S/c1-2-3-11-20-19(25)22-17(24)13-23-12-7-6-9-15(23)18-21-14-8-4-5-10-16(14)26-18/h4-5,8,10,15H,2-3,6-7,9,11-13H2,1H3,(H2,20,22,24,25)/p+1/t15-/m1/s1. The van der Waals surface area contributed by atoms with E-state index in [9.17, 15) is 9.59 Å². The molecule has 0 aliphatic carbocycles. The summed E-state index contributed by atoms with van der Waals surface area (Å²) in [5.74, 6) is -0.220. The van der Waals surface area contributed by atoms with Crippen LogP contribution in [0.4, 0.5) is 4.79 Å². The number of urea groups is 1. The molecule has 1 aromatic carbocycles. The number of hydrogen-bond acceptors (Lipinski definition) is 4. The minimum absolute atomic E-state index is 0.220. The number of amides is 3. The van der Waals surface area contributed by atoms with Gasteiger partial charge in [-0.05, 0) is 31.4 Å². The molecule has 0 spiro atoms. The van der Waals surface area contributed by atoms with E-state index < -0.39 is 6.03 Å². The zero-order valence-corrected chi connectivity index (χ0v) is 16.0. The third-order valence-corrected chi connectivity index (χ3v) is 5.95. The second-order valence-corrected chi connectivity index (χ2v) is 7.87. The van der Waals surface area contributed by atoms with Crippen molar-refractivity contribution in [3.05, 3.63) is 29.3 Å². The Balaban J connectivity index is 1.61. The van der Waals surface area contributed by atoms with Crippen LogP contribution in [0.5, 0.6) is 0 Å². The highest BCUT2D eigenvalue weighted by molar-refractivity contribution is 7.18. The Hall–Kier alpha value is -1.99. The maximum absolute atomic E-state index is 12.3. The molecule has 140 valence electrons. The highest BCUT2D eigenvalue weighted by atomic mass is 32.1. The number of benzene rings is 1. The first-order valence-corrected chi connectivity index (χ1v) is 10.3. The lowest BCUT2D eigenvalue weighted by Crippen LogP contribution is -3.14. The topological polar surface area (TPSA) is 75.5 Å². The van der Waals surface area contributed by atoms with E-state index in [0.717, 1.165) is 49.2 Å². The van der Waals surface area contributed by atoms with Gasteiger partial charge in [-0.3, -0.25) is 10.1 Å². The van der Waals surface area contributed by atoms with Gasteiger partial charge in [-0.1, -0.05) is 25.5 Å². The lowest BCUT2D eigenvalue weighted by Gasteiger charge is -2.30. The van der Waals surface area contributed by atoms with Crippen LogP contribution in [-0.4, -0.2) is 36.6 Å². The Labute approximate surface area is 158 Å². The van der Waals surface area contributed by atoms with Gasteiger partial charge >= 0.3 is 6.03 Å². The molecule has 1 aliphatic rings. The molecule has 1 aliphatic heterocycles. The smallest absolute Gasteiger partial charge is 0.321 e. The van der Waals surface area contributed by atoms with Gasteiger partial charge in [-0.25, -0.2) is 9.78 Å². The van der Waals surface area contributed by atoms with Gasteiger partial charge < -0.3 is 10.2 Å². The molecule has 1 unspecified atom stereocenters. The first-order valence-electron chi connectivity index (χ1n) is 9.45. The summed E-state index contributed by atoms with van der Waals surface area (Å²) in [5.41, 5.74) is 1.03. The van der Waals surface area contributed by atoms with Gasteiger partial charge in [0.05, 0.1) is 16.8 Å². The molecule has 3 rings (SSSR count). The number of piperidine rings is 1. The van der Waals surface area contributed by atoms with Crippen molar-refractivity contribution < 1.29 is 14.5 Å². The number of aromatic nitrogens is 1. The van der Waals surface area contributed by atoms with Crippen LogP contribution in [-0.2, 0) is 4.79 Å². The van der Waals surface area contributed by atoms with E-state index in [1.165, 1.54) is 9.60 Å². The Morgan fingerprint density at radius 2 is 2.15 bits per heavy atom. The Morgan fingerprint density at radius 1 is 1.31 bits per heavy atom. The van der Waals surface area contributed by atoms with E-state index >= 15 is 0 Å². The number of nitrogens with zero attached hydrogens (tertiary/aromatic N) is 1. The predicted molar refractivity (Wildman–Crippen MR) is 103 cm³/mol. The number of imide groups is 1. The predicted octanol–water partition coefficient (Wildman–Crippen LogP) is 2.03. The number of thiazole rings is 1. The van der Waals surface area contributed by atoms with Gasteiger partial charge in [0.1, 0.15) is 6.04 Å². The molecule has 3 amide bonds. The zero-order chi connectivity index (χ0) is 18.4. The van der Waals surface area contributed by atoms with Crippen LogP contribution in [0, 0.1) is 0 Å². The second-order valence-electron chi connectivity index (χ2n) is 6.81. The normalized spacial score (nSPS) is 20.0. The van der Waals surface area contributed by atoms with Gasteiger partial charge in [0, 0.05) is 13.0 Å². The third-order valence-electron chi connectivity index (χ3n) is 4.80. The van der Waals surface area contributed by atoms with Crippen molar-refractivity contribution in [2.24, 2.45) is 0 Å². The van der Waals surface area contributed by atoms with Gasteiger partial charge in [0.15, 0.2) is 11.6 Å². The van der Waals surface area contributed by atoms with E-state index in [4.69, 9.17) is 4.98 Å². The highest BCUT2D eigenvalue weighted by Gasteiger charge is 2.32. The zero-order valence-electron chi connectivity index (χ0n) is 15.2. The summed E-state index contributed by atoms with van der Waals surface area (Å²) in [6, 6.07) is 7.99. The second kappa shape index (κ2) is 9.09. The minimum atomic E-state index is -0.392. The molecular weight excluding hydrogens is 348 g/mol. The van der Waals surface area contributed by atoms with Crippen molar-refractivity contribution in [3.8, 4) is 0 Å². The Kier molecular flexibility index (Phi) is 6.57. The first kappa shape index (κ1) is 18.8. The number of rotatable bonds is 6. The highest BCUT2D eigenvalue weighted by Crippen LogP contribution is 2.28. The fourth-order valence-corrected chi connectivity index (χ4v) is 4.59. The number of nitrogens with one attached hydrogen (secondary N) is 3. The first-order chi connectivity index (χ1) is 12.7. The number of para-hydroxylation sites is 1. The number of carbonyl (C=O) groups excluding carboxylic acids is 2. The third kappa shape index (κ3) is 4.80. The number of unbranched alkanes of at least 4 members (excludes halogenated alkanes) is 1. The van der Waals surface area contributed by atoms with E-state index in [-0.39, 0.29) is 11.9 Å². The summed E-state index contributed by atoms with van der Waals surface area (Å²) in [4.78, 5) is 30.1. The van der Waals surface area contributed by atoms with E-state index in [2.05, 4.69) is 23.6 Å². The maximum Gasteiger partial charge on any atom is 0.321 e. The lowest BCUT2D eigenvalue weighted by molar-refractivity contribution is -0.929. The van der Waals surface area contributed by atoms with Gasteiger partial charge in [0.2, 0.25) is 0 Å². The molecule has 0 radical (unpaired) electrons. The Bertz CT molecular complexity index is 728. The molecule has 1 aromatic heterocycles. The number of quaternary nitrogens is 1. The number of hydrogen-bond donors (Lipinski definition) is 3. The molecule has 2 aromatic rings. The molecule has 0 bridgehead atoms. The average Bonchev–Trinajstić information content (AvgIpc) is 3.06. The average molecular weight is 376 g/mol. The summed E-state index contributed by atoms with van der Waals surface area (Å²) in [6.07, 6.45) is 5.22. The summed E-state index contributed by atoms with van der Waals surface area (Å²) in [7, 11) is 0. The molecule has 2 heterocycles. The molecule has 3 N–H and O–H groups in total. The van der Waals surface area contributed by atoms with Crippen molar-refractivity contribution in [2.75, 3.05) is 19.6 Å². The molecule has 6 nitrogen and oxygen atoms in total. The molecule has 1 saturated heterocycles. The molecule has 2 atom stereocenters. The summed E-state index contributed by atoms with van der Waals surface area (Å²) in [6.45, 7) is 3.90. The quantitative estimate of drug-likeness (QED) is 0.676. The summed E-state index contributed by atoms with van der Waals surface area (Å²) in [5, 5.41) is 6.28. The SMILES string of the molecule is CCCCNC(=O)NC(=O)C[NH+]1CCCC[C@@H]1c1nc2ccccc2s1. The minimum Gasteiger partial charge on any atom is -0.338 e. The molecular formula is C19H27N4O2S+. The number of fused-ring (bicyclic) bond motifs is 1. The van der Waals surface area contributed by atoms with Crippen molar-refractivity contribution in [1.29, 1.82) is 0 Å². The largest absolute Gasteiger partial charge is 0.338 e. The summed E-state index contributed by atoms with van der Waals surface area (Å²) >= 11 is 1.72. The van der Waals surface area contributed by atoms with E-state index in [1.807, 2.05) is 18.2 Å². The number of likely N-dealkylation sites (tertiary alicyclic amines) is 1. The number of carbonyl (C=O) groups is 2. The Morgan fingerprint density at radius 3 is 2.96 bits per heavy atom. The van der Waals surface area contributed by atoms with Gasteiger partial charge in [0.25, 0.3) is 5.91 Å². The van der Waals surface area contributed by atoms with Crippen LogP contribution in [0.15, 0.2) is 24.3 Å².